The molecule has 15 heavy (non-hydrogen) atoms. The predicted octanol–water partition coefficient (Wildman–Crippen LogP) is 2.10. The molecule has 82 valence electrons. The molecule has 1 saturated heterocycles. The van der Waals surface area contributed by atoms with E-state index in [0.717, 1.165) is 6.54 Å². The molecule has 0 radical (unpaired) electrons. The van der Waals surface area contributed by atoms with Crippen LogP contribution in [0.2, 0.25) is 0 Å². The highest BCUT2D eigenvalue weighted by molar-refractivity contribution is 5.19. The van der Waals surface area contributed by atoms with Gasteiger partial charge in [0.25, 0.3) is 0 Å². The van der Waals surface area contributed by atoms with Crippen LogP contribution in [-0.2, 0) is 5.54 Å². The lowest BCUT2D eigenvalue weighted by molar-refractivity contribution is 0.309. The van der Waals surface area contributed by atoms with E-state index in [0.29, 0.717) is 5.92 Å². The lowest BCUT2D eigenvalue weighted by Gasteiger charge is -2.31. The second-order valence-corrected chi connectivity index (χ2v) is 4.84. The second-order valence-electron chi connectivity index (χ2n) is 4.84. The molecule has 0 bridgehead atoms. The Hall–Kier alpha value is -0.960. The van der Waals surface area contributed by atoms with Crippen molar-refractivity contribution in [2.45, 2.75) is 38.6 Å². The zero-order chi connectivity index (χ0) is 10.7. The zero-order valence-corrected chi connectivity index (χ0v) is 9.53. The van der Waals surface area contributed by atoms with Crippen molar-refractivity contribution in [2.24, 2.45) is 5.92 Å². The summed E-state index contributed by atoms with van der Waals surface area (Å²) in [5.41, 5.74) is 1.38. The molecule has 0 spiro atoms. The first kappa shape index (κ1) is 10.6. The Labute approximate surface area is 91.3 Å². The van der Waals surface area contributed by atoms with Gasteiger partial charge in [0.1, 0.15) is 6.33 Å². The third-order valence-corrected chi connectivity index (χ3v) is 3.11. The van der Waals surface area contributed by atoms with Crippen LogP contribution >= 0.6 is 0 Å². The molecule has 1 aliphatic heterocycles. The van der Waals surface area contributed by atoms with Crippen molar-refractivity contribution in [1.29, 1.82) is 0 Å². The van der Waals surface area contributed by atoms with E-state index in [1.807, 2.05) is 12.4 Å². The summed E-state index contributed by atoms with van der Waals surface area (Å²) in [4.78, 5) is 8.26. The quantitative estimate of drug-likeness (QED) is 0.821. The molecule has 2 heterocycles. The van der Waals surface area contributed by atoms with Crippen LogP contribution in [0.3, 0.4) is 0 Å². The Morgan fingerprint density at radius 1 is 1.40 bits per heavy atom. The number of rotatable bonds is 3. The first-order chi connectivity index (χ1) is 7.23. The first-order valence-corrected chi connectivity index (χ1v) is 5.73. The maximum Gasteiger partial charge on any atom is 0.115 e. The molecular weight excluding hydrogens is 186 g/mol. The van der Waals surface area contributed by atoms with Gasteiger partial charge in [-0.05, 0) is 31.7 Å². The number of aromatic nitrogens is 2. The van der Waals surface area contributed by atoms with Gasteiger partial charge in [-0.15, -0.1) is 0 Å². The topological polar surface area (TPSA) is 37.8 Å². The van der Waals surface area contributed by atoms with Crippen molar-refractivity contribution in [3.8, 4) is 0 Å². The Morgan fingerprint density at radius 3 is 2.67 bits per heavy atom. The van der Waals surface area contributed by atoms with Crippen LogP contribution in [0.1, 0.15) is 38.7 Å². The van der Waals surface area contributed by atoms with Crippen LogP contribution < -0.4 is 5.32 Å². The summed E-state index contributed by atoms with van der Waals surface area (Å²) >= 11 is 0. The number of nitrogens with one attached hydrogen (secondary N) is 1. The molecular formula is C12H19N3. The lowest BCUT2D eigenvalue weighted by Crippen LogP contribution is -2.38. The van der Waals surface area contributed by atoms with Crippen molar-refractivity contribution < 1.29 is 0 Å². The molecule has 0 aromatic carbocycles. The van der Waals surface area contributed by atoms with Gasteiger partial charge >= 0.3 is 0 Å². The summed E-state index contributed by atoms with van der Waals surface area (Å²) in [5.74, 6) is 0.691. The molecule has 0 amide bonds. The van der Waals surface area contributed by atoms with E-state index in [-0.39, 0.29) is 5.54 Å². The van der Waals surface area contributed by atoms with E-state index < -0.39 is 0 Å². The van der Waals surface area contributed by atoms with Crippen LogP contribution in [0, 0.1) is 5.92 Å². The van der Waals surface area contributed by atoms with Crippen molar-refractivity contribution in [3.63, 3.8) is 0 Å². The minimum Gasteiger partial charge on any atom is -0.307 e. The Bertz CT molecular complexity index is 302. The summed E-state index contributed by atoms with van der Waals surface area (Å²) in [6, 6.07) is 0. The molecule has 3 heteroatoms. The maximum absolute atomic E-state index is 4.13. The molecule has 3 nitrogen and oxygen atoms in total. The van der Waals surface area contributed by atoms with Crippen molar-refractivity contribution in [2.75, 3.05) is 6.54 Å². The summed E-state index contributed by atoms with van der Waals surface area (Å²) in [7, 11) is 0. The highest BCUT2D eigenvalue weighted by atomic mass is 15.0. The van der Waals surface area contributed by atoms with Crippen molar-refractivity contribution in [3.05, 3.63) is 24.3 Å². The summed E-state index contributed by atoms with van der Waals surface area (Å²) in [6.07, 6.45) is 9.13. The van der Waals surface area contributed by atoms with E-state index in [9.17, 15) is 0 Å². The van der Waals surface area contributed by atoms with Gasteiger partial charge < -0.3 is 5.32 Å². The van der Waals surface area contributed by atoms with E-state index in [2.05, 4.69) is 29.1 Å². The third-order valence-electron chi connectivity index (χ3n) is 3.11. The molecule has 1 aromatic rings. The lowest BCUT2D eigenvalue weighted by atomic mass is 9.82. The van der Waals surface area contributed by atoms with E-state index in [1.54, 1.807) is 6.33 Å². The first-order valence-electron chi connectivity index (χ1n) is 5.73. The van der Waals surface area contributed by atoms with Crippen molar-refractivity contribution >= 4 is 0 Å². The summed E-state index contributed by atoms with van der Waals surface area (Å²) in [6.45, 7) is 5.65. The molecule has 0 aliphatic carbocycles. The van der Waals surface area contributed by atoms with Gasteiger partial charge in [-0.2, -0.15) is 0 Å². The van der Waals surface area contributed by atoms with E-state index in [1.165, 1.54) is 24.8 Å². The van der Waals surface area contributed by atoms with E-state index in [4.69, 9.17) is 0 Å². The average Bonchev–Trinajstić information content (AvgIpc) is 2.68. The summed E-state index contributed by atoms with van der Waals surface area (Å²) in [5, 5.41) is 3.64. The largest absolute Gasteiger partial charge is 0.307 e. The Kier molecular flexibility index (Phi) is 3.00. The highest BCUT2D eigenvalue weighted by Crippen LogP contribution is 2.35. The molecule has 1 aliphatic rings. The highest BCUT2D eigenvalue weighted by Gasteiger charge is 2.36. The fourth-order valence-electron chi connectivity index (χ4n) is 2.59. The molecule has 1 fully saturated rings. The van der Waals surface area contributed by atoms with Crippen molar-refractivity contribution in [1.82, 2.24) is 15.3 Å². The molecule has 0 saturated carbocycles. The van der Waals surface area contributed by atoms with Crippen LogP contribution in [0.4, 0.5) is 0 Å². The van der Waals surface area contributed by atoms with Crippen LogP contribution in [-0.4, -0.2) is 16.5 Å². The molecule has 1 aromatic heterocycles. The SMILES string of the molecule is CC(C)CC1(c2cncnc2)CCCN1. The van der Waals surface area contributed by atoms with Gasteiger partial charge in [0.15, 0.2) is 0 Å². The normalized spacial score (nSPS) is 26.1. The predicted molar refractivity (Wildman–Crippen MR) is 60.4 cm³/mol. The minimum absolute atomic E-state index is 0.134. The van der Waals surface area contributed by atoms with Gasteiger partial charge in [-0.3, -0.25) is 0 Å². The van der Waals surface area contributed by atoms with Gasteiger partial charge in [-0.25, -0.2) is 9.97 Å². The third kappa shape index (κ3) is 2.17. The molecule has 1 N–H and O–H groups in total. The van der Waals surface area contributed by atoms with Gasteiger partial charge in [0.05, 0.1) is 0 Å². The number of hydrogen-bond acceptors (Lipinski definition) is 3. The minimum atomic E-state index is 0.134. The Balaban J connectivity index is 2.26. The van der Waals surface area contributed by atoms with Gasteiger partial charge in [0.2, 0.25) is 0 Å². The maximum atomic E-state index is 4.13. The van der Waals surface area contributed by atoms with E-state index >= 15 is 0 Å². The number of hydrogen-bond donors (Lipinski definition) is 1. The average molecular weight is 205 g/mol. The summed E-state index contributed by atoms with van der Waals surface area (Å²) < 4.78 is 0. The van der Waals surface area contributed by atoms with Crippen LogP contribution in [0.25, 0.3) is 0 Å². The monoisotopic (exact) mass is 205 g/mol. The number of nitrogens with zero attached hydrogens (tertiary/aromatic N) is 2. The molecule has 1 unspecified atom stereocenters. The second kappa shape index (κ2) is 4.27. The molecule has 2 rings (SSSR count). The molecule has 1 atom stereocenters. The van der Waals surface area contributed by atoms with Crippen LogP contribution in [0.15, 0.2) is 18.7 Å². The zero-order valence-electron chi connectivity index (χ0n) is 9.53. The standard InChI is InChI=1S/C12H19N3/c1-10(2)6-12(4-3-5-15-12)11-7-13-9-14-8-11/h7-10,15H,3-6H2,1-2H3. The fraction of sp³-hybridized carbons (Fsp3) is 0.667. The van der Waals surface area contributed by atoms with Gasteiger partial charge in [-0.1, -0.05) is 13.8 Å². The fourth-order valence-corrected chi connectivity index (χ4v) is 2.59. The Morgan fingerprint density at radius 2 is 2.13 bits per heavy atom. The van der Waals surface area contributed by atoms with Crippen LogP contribution in [0.5, 0.6) is 0 Å². The smallest absolute Gasteiger partial charge is 0.115 e. The van der Waals surface area contributed by atoms with Gasteiger partial charge in [0, 0.05) is 23.5 Å².